The molecule has 9 heteroatoms. The maximum Gasteiger partial charge on any atom is 0.417 e. The highest BCUT2D eigenvalue weighted by Gasteiger charge is 2.50. The number of nitrogens with zero attached hydrogens (tertiary/aromatic N) is 2. The van der Waals surface area contributed by atoms with Crippen LogP contribution in [0.3, 0.4) is 0 Å². The first-order chi connectivity index (χ1) is 15.1. The van der Waals surface area contributed by atoms with Crippen molar-refractivity contribution < 1.29 is 27.8 Å². The van der Waals surface area contributed by atoms with Crippen LogP contribution in [0.25, 0.3) is 0 Å². The number of nitrogens with one attached hydrogen (secondary N) is 1. The van der Waals surface area contributed by atoms with Gasteiger partial charge in [0.05, 0.1) is 23.7 Å². The fraction of sp³-hybridized carbons (Fsp3) is 0.739. The number of hydrogen-bond acceptors (Lipinski definition) is 5. The molecule has 0 spiro atoms. The molecule has 3 heterocycles. The lowest BCUT2D eigenvalue weighted by atomic mass is 9.74. The average molecular weight is 456 g/mol. The zero-order valence-electron chi connectivity index (χ0n) is 18.6. The first-order valence-electron chi connectivity index (χ1n) is 11.5. The highest BCUT2D eigenvalue weighted by atomic mass is 19.4. The van der Waals surface area contributed by atoms with Crippen LogP contribution in [0.2, 0.25) is 0 Å². The van der Waals surface area contributed by atoms with Crippen molar-refractivity contribution in [1.82, 2.24) is 15.2 Å². The van der Waals surface area contributed by atoms with Crippen LogP contribution in [-0.2, 0) is 28.7 Å². The fourth-order valence-corrected chi connectivity index (χ4v) is 5.47. The molecular weight excluding hydrogens is 423 g/mol. The number of aliphatic hydroxyl groups excluding tert-OH is 1. The van der Waals surface area contributed by atoms with Crippen molar-refractivity contribution in [2.24, 2.45) is 11.3 Å². The summed E-state index contributed by atoms with van der Waals surface area (Å²) >= 11 is 0. The summed E-state index contributed by atoms with van der Waals surface area (Å²) in [4.78, 5) is 19.5. The van der Waals surface area contributed by atoms with E-state index in [4.69, 9.17) is 4.74 Å². The monoisotopic (exact) mass is 455 g/mol. The Morgan fingerprint density at radius 3 is 2.84 bits per heavy atom. The van der Waals surface area contributed by atoms with Crippen molar-refractivity contribution in [2.45, 2.75) is 76.9 Å². The van der Waals surface area contributed by atoms with Crippen LogP contribution in [0, 0.1) is 11.3 Å². The summed E-state index contributed by atoms with van der Waals surface area (Å²) < 4.78 is 44.7. The molecule has 4 atom stereocenters. The zero-order chi connectivity index (χ0) is 23.1. The second-order valence-electron chi connectivity index (χ2n) is 9.76. The summed E-state index contributed by atoms with van der Waals surface area (Å²) in [6.07, 6.45) is -0.708. The minimum atomic E-state index is -4.45. The van der Waals surface area contributed by atoms with Crippen molar-refractivity contribution in [1.29, 1.82) is 0 Å². The average Bonchev–Trinajstić information content (AvgIpc) is 3.19. The number of rotatable bonds is 4. The number of ether oxygens (including phenoxy) is 1. The van der Waals surface area contributed by atoms with E-state index >= 15 is 0 Å². The van der Waals surface area contributed by atoms with Gasteiger partial charge in [0.2, 0.25) is 5.91 Å². The summed E-state index contributed by atoms with van der Waals surface area (Å²) in [5.41, 5.74) is -0.207. The van der Waals surface area contributed by atoms with Crippen LogP contribution in [0.5, 0.6) is 0 Å². The summed E-state index contributed by atoms with van der Waals surface area (Å²) in [5.74, 6) is 0.120. The predicted molar refractivity (Wildman–Crippen MR) is 112 cm³/mol. The van der Waals surface area contributed by atoms with E-state index in [2.05, 4.69) is 10.3 Å². The molecular formula is C23H32F3N3O3. The Bertz CT molecular complexity index is 848. The lowest BCUT2D eigenvalue weighted by molar-refractivity contribution is -0.146. The number of hydrogen-bond donors (Lipinski definition) is 2. The summed E-state index contributed by atoms with van der Waals surface area (Å²) in [6.45, 7) is 5.65. The summed E-state index contributed by atoms with van der Waals surface area (Å²) in [6, 6.07) is 1.21. The van der Waals surface area contributed by atoms with E-state index in [-0.39, 0.29) is 30.5 Å². The Morgan fingerprint density at radius 1 is 1.38 bits per heavy atom. The van der Waals surface area contributed by atoms with Crippen LogP contribution >= 0.6 is 0 Å². The van der Waals surface area contributed by atoms with Crippen LogP contribution in [0.15, 0.2) is 12.3 Å². The number of carbonyl (C=O) groups is 1. The van der Waals surface area contributed by atoms with E-state index in [9.17, 15) is 23.1 Å². The van der Waals surface area contributed by atoms with Crippen molar-refractivity contribution in [3.63, 3.8) is 0 Å². The van der Waals surface area contributed by atoms with Gasteiger partial charge in [0.15, 0.2) is 0 Å². The Kier molecular flexibility index (Phi) is 6.53. The first kappa shape index (κ1) is 23.4. The molecule has 3 aliphatic rings. The Hall–Kier alpha value is -1.71. The molecule has 1 saturated heterocycles. The number of aliphatic hydroxyl groups is 1. The van der Waals surface area contributed by atoms with E-state index in [1.165, 1.54) is 0 Å². The van der Waals surface area contributed by atoms with Gasteiger partial charge in [0.25, 0.3) is 0 Å². The third-order valence-corrected chi connectivity index (χ3v) is 7.51. The largest absolute Gasteiger partial charge is 0.417 e. The SMILES string of the molecule is CC(C)[C@]1(C(=O)N2CCc3ncc(C(F)(F)F)cc3C2)CC[C@@H](N[C@H]2CCOC[C@H]2O)C1. The molecule has 1 aromatic rings. The summed E-state index contributed by atoms with van der Waals surface area (Å²) in [7, 11) is 0. The maximum atomic E-state index is 13.7. The Morgan fingerprint density at radius 2 is 2.16 bits per heavy atom. The van der Waals surface area contributed by atoms with Crippen molar-refractivity contribution in [3.8, 4) is 0 Å². The molecule has 1 amide bonds. The van der Waals surface area contributed by atoms with E-state index in [0.717, 1.165) is 31.5 Å². The molecule has 0 unspecified atom stereocenters. The van der Waals surface area contributed by atoms with Crippen molar-refractivity contribution in [2.75, 3.05) is 19.8 Å². The zero-order valence-corrected chi connectivity index (χ0v) is 18.6. The molecule has 2 aliphatic heterocycles. The highest BCUT2D eigenvalue weighted by molar-refractivity contribution is 5.83. The molecule has 4 rings (SSSR count). The fourth-order valence-electron chi connectivity index (χ4n) is 5.47. The highest BCUT2D eigenvalue weighted by Crippen LogP contribution is 2.46. The number of fused-ring (bicyclic) bond motifs is 1. The van der Waals surface area contributed by atoms with E-state index < -0.39 is 23.3 Å². The summed E-state index contributed by atoms with van der Waals surface area (Å²) in [5, 5.41) is 13.7. The lowest BCUT2D eigenvalue weighted by Crippen LogP contribution is -2.51. The molecule has 1 aromatic heterocycles. The van der Waals surface area contributed by atoms with E-state index in [1.807, 2.05) is 13.8 Å². The Balaban J connectivity index is 1.48. The van der Waals surface area contributed by atoms with Gasteiger partial charge in [-0.2, -0.15) is 13.2 Å². The van der Waals surface area contributed by atoms with Gasteiger partial charge in [-0.15, -0.1) is 0 Å². The second kappa shape index (κ2) is 8.91. The van der Waals surface area contributed by atoms with E-state index in [1.54, 1.807) is 4.90 Å². The van der Waals surface area contributed by atoms with Crippen LogP contribution in [0.1, 0.15) is 56.4 Å². The first-order valence-corrected chi connectivity index (χ1v) is 11.5. The van der Waals surface area contributed by atoms with Gasteiger partial charge in [0, 0.05) is 50.1 Å². The van der Waals surface area contributed by atoms with Gasteiger partial charge in [0.1, 0.15) is 0 Å². The minimum absolute atomic E-state index is 0.0207. The molecule has 178 valence electrons. The third-order valence-electron chi connectivity index (χ3n) is 7.51. The van der Waals surface area contributed by atoms with Gasteiger partial charge in [-0.05, 0) is 43.2 Å². The predicted octanol–water partition coefficient (Wildman–Crippen LogP) is 2.92. The third kappa shape index (κ3) is 4.52. The molecule has 1 aliphatic carbocycles. The van der Waals surface area contributed by atoms with Gasteiger partial charge in [-0.3, -0.25) is 9.78 Å². The van der Waals surface area contributed by atoms with Gasteiger partial charge >= 0.3 is 6.18 Å². The molecule has 2 fully saturated rings. The Labute approximate surface area is 186 Å². The topological polar surface area (TPSA) is 74.7 Å². The number of carbonyl (C=O) groups excluding carboxylic acids is 1. The molecule has 0 bridgehead atoms. The van der Waals surface area contributed by atoms with E-state index in [0.29, 0.717) is 43.9 Å². The standard InChI is InChI=1S/C23H32F3N3O3/c1-14(2)22(6-3-17(10-22)28-19-5-8-32-13-20(19)30)21(31)29-7-4-18-15(12-29)9-16(11-27-18)23(24,25)26/h9,11,14,17,19-20,28,30H,3-8,10,12-13H2,1-2H3/t17-,19+,20-,22+/m1/s1. The molecule has 2 N–H and O–H groups in total. The number of halogens is 3. The smallest absolute Gasteiger partial charge is 0.389 e. The number of alkyl halides is 3. The van der Waals surface area contributed by atoms with Crippen molar-refractivity contribution >= 4 is 5.91 Å². The van der Waals surface area contributed by atoms with Gasteiger partial charge in [-0.25, -0.2) is 0 Å². The molecule has 0 radical (unpaired) electrons. The van der Waals surface area contributed by atoms with Gasteiger partial charge in [-0.1, -0.05) is 13.8 Å². The molecule has 6 nitrogen and oxygen atoms in total. The van der Waals surface area contributed by atoms with Crippen LogP contribution in [-0.4, -0.2) is 58.8 Å². The number of amides is 1. The number of aromatic nitrogens is 1. The quantitative estimate of drug-likeness (QED) is 0.730. The van der Waals surface area contributed by atoms with Crippen LogP contribution in [0.4, 0.5) is 13.2 Å². The van der Waals surface area contributed by atoms with Crippen molar-refractivity contribution in [3.05, 3.63) is 29.1 Å². The van der Waals surface area contributed by atoms with Crippen LogP contribution < -0.4 is 5.32 Å². The molecule has 0 aromatic carbocycles. The molecule has 32 heavy (non-hydrogen) atoms. The maximum absolute atomic E-state index is 13.7. The second-order valence-corrected chi connectivity index (χ2v) is 9.76. The normalized spacial score (nSPS) is 31.1. The lowest BCUT2D eigenvalue weighted by Gasteiger charge is -2.40. The van der Waals surface area contributed by atoms with Gasteiger partial charge < -0.3 is 20.1 Å². The number of pyridine rings is 1. The molecule has 1 saturated carbocycles. The minimum Gasteiger partial charge on any atom is -0.389 e.